The Balaban J connectivity index is 1.44. The van der Waals surface area contributed by atoms with E-state index in [2.05, 4.69) is 11.5 Å². The van der Waals surface area contributed by atoms with Gasteiger partial charge in [-0.05, 0) is 71.1 Å². The van der Waals surface area contributed by atoms with Crippen molar-refractivity contribution in [1.82, 2.24) is 9.80 Å². The minimum Gasteiger partial charge on any atom is -0.510 e. The van der Waals surface area contributed by atoms with Gasteiger partial charge in [-0.15, -0.1) is 0 Å². The maximum atomic E-state index is 16.1. The molecule has 6 N–H and O–H groups in total. The third-order valence-corrected chi connectivity index (χ3v) is 10.1. The standard InChI is InChI=1S/C30H36FN3O6/c1-14-20(28(32)39)26(37)24(33(2)3)18-11-15-10-17-22(25(36)21(15)27(38)30(14,18)40)19(35)12-16(23(17)31)13-34-9-5-4-6-29(34)7-8-29/h12,15,18,24,35,37-38,40H,1,4-11,13H2,2-3H3,(H2,32,39)/t15?,18-,24-,30-/m0/s1. The van der Waals surface area contributed by atoms with Gasteiger partial charge in [0.25, 0.3) is 5.91 Å². The normalized spacial score (nSPS) is 31.4. The number of phenolic OH excluding ortho intramolecular Hbond substituents is 1. The number of amides is 1. The molecule has 5 aliphatic rings. The van der Waals surface area contributed by atoms with Crippen LogP contribution in [0.1, 0.15) is 60.0 Å². The van der Waals surface area contributed by atoms with E-state index in [4.69, 9.17) is 5.73 Å². The van der Waals surface area contributed by atoms with Gasteiger partial charge in [-0.3, -0.25) is 19.4 Å². The SMILES string of the molecule is C=C1C(C(N)=O)=C(O)[C@@H](N(C)C)[C@@H]2CC3Cc4c(F)c(CN5CCCCC56CC6)cc(O)c4C(=O)C3=C(O)[C@]12O. The Bertz CT molecular complexity index is 1430. The number of aliphatic hydroxyl groups is 3. The Morgan fingerprint density at radius 3 is 2.55 bits per heavy atom. The van der Waals surface area contributed by atoms with E-state index < -0.39 is 52.3 Å². The van der Waals surface area contributed by atoms with Crippen LogP contribution in [0.15, 0.2) is 40.9 Å². The fraction of sp³-hybridized carbons (Fsp3) is 0.533. The molecule has 4 atom stereocenters. The highest BCUT2D eigenvalue weighted by atomic mass is 19.1. The molecule has 1 aromatic rings. The van der Waals surface area contributed by atoms with Crippen LogP contribution in [0.2, 0.25) is 0 Å². The number of primary amides is 1. The maximum absolute atomic E-state index is 16.1. The van der Waals surface area contributed by atoms with Crippen LogP contribution in [0.5, 0.6) is 5.75 Å². The van der Waals surface area contributed by atoms with Crippen molar-refractivity contribution in [3.05, 3.63) is 63.4 Å². The van der Waals surface area contributed by atoms with Gasteiger partial charge >= 0.3 is 0 Å². The van der Waals surface area contributed by atoms with Gasteiger partial charge in [0.2, 0.25) is 0 Å². The molecule has 214 valence electrons. The van der Waals surface area contributed by atoms with Crippen molar-refractivity contribution in [1.29, 1.82) is 0 Å². The molecular formula is C30H36FN3O6. The van der Waals surface area contributed by atoms with Crippen molar-refractivity contribution in [2.75, 3.05) is 20.6 Å². The van der Waals surface area contributed by atoms with Crippen LogP contribution in [0.4, 0.5) is 4.39 Å². The summed E-state index contributed by atoms with van der Waals surface area (Å²) in [5, 5.41) is 45.4. The highest BCUT2D eigenvalue weighted by Crippen LogP contribution is 2.55. The van der Waals surface area contributed by atoms with E-state index in [-0.39, 0.29) is 52.2 Å². The van der Waals surface area contributed by atoms with E-state index in [1.54, 1.807) is 19.0 Å². The van der Waals surface area contributed by atoms with E-state index in [9.17, 15) is 30.0 Å². The van der Waals surface area contributed by atoms with Gasteiger partial charge in [0.15, 0.2) is 11.4 Å². The van der Waals surface area contributed by atoms with Crippen molar-refractivity contribution >= 4 is 11.7 Å². The minimum absolute atomic E-state index is 0.0190. The van der Waals surface area contributed by atoms with Crippen LogP contribution in [0.25, 0.3) is 0 Å². The molecule has 9 nitrogen and oxygen atoms in total. The molecule has 0 bridgehead atoms. The quantitative estimate of drug-likeness (QED) is 0.382. The van der Waals surface area contributed by atoms with E-state index in [0.717, 1.165) is 38.6 Å². The van der Waals surface area contributed by atoms with Crippen LogP contribution >= 0.6 is 0 Å². The summed E-state index contributed by atoms with van der Waals surface area (Å²) >= 11 is 0. The first kappa shape index (κ1) is 27.0. The lowest BCUT2D eigenvalue weighted by Gasteiger charge is -2.52. The lowest BCUT2D eigenvalue weighted by atomic mass is 9.57. The molecule has 1 saturated heterocycles. The number of nitrogens with two attached hydrogens (primary N) is 1. The fourth-order valence-corrected chi connectivity index (χ4v) is 7.95. The van der Waals surface area contributed by atoms with Crippen LogP contribution in [0, 0.1) is 17.7 Å². The second-order valence-corrected chi connectivity index (χ2v) is 12.4. The first-order chi connectivity index (χ1) is 18.8. The maximum Gasteiger partial charge on any atom is 0.252 e. The van der Waals surface area contributed by atoms with Gasteiger partial charge in [0.05, 0.1) is 17.2 Å². The second-order valence-electron chi connectivity index (χ2n) is 12.4. The largest absolute Gasteiger partial charge is 0.510 e. The summed E-state index contributed by atoms with van der Waals surface area (Å²) in [5.41, 5.74) is 2.71. The van der Waals surface area contributed by atoms with Crippen LogP contribution in [-0.2, 0) is 17.8 Å². The zero-order valence-electron chi connectivity index (χ0n) is 22.8. The van der Waals surface area contributed by atoms with E-state index in [0.29, 0.717) is 12.1 Å². The number of piperidine rings is 1. The molecule has 1 amide bonds. The lowest BCUT2D eigenvalue weighted by Crippen LogP contribution is -2.60. The summed E-state index contributed by atoms with van der Waals surface area (Å²) in [6.07, 6.45) is 5.55. The molecule has 6 rings (SSSR count). The van der Waals surface area contributed by atoms with Gasteiger partial charge < -0.3 is 26.2 Å². The Morgan fingerprint density at radius 1 is 1.23 bits per heavy atom. The number of likely N-dealkylation sites (tertiary alicyclic amines) is 1. The predicted molar refractivity (Wildman–Crippen MR) is 144 cm³/mol. The molecule has 1 aromatic carbocycles. The van der Waals surface area contributed by atoms with Gasteiger partial charge in [-0.2, -0.15) is 0 Å². The van der Waals surface area contributed by atoms with Gasteiger partial charge in [-0.1, -0.05) is 13.0 Å². The molecule has 1 spiro atoms. The van der Waals surface area contributed by atoms with Crippen molar-refractivity contribution in [3.63, 3.8) is 0 Å². The summed E-state index contributed by atoms with van der Waals surface area (Å²) < 4.78 is 16.1. The third-order valence-electron chi connectivity index (χ3n) is 10.1. The average Bonchev–Trinajstić information content (AvgIpc) is 3.65. The van der Waals surface area contributed by atoms with Crippen LogP contribution in [0.3, 0.4) is 0 Å². The number of rotatable bonds is 4. The molecule has 1 unspecified atom stereocenters. The lowest BCUT2D eigenvalue weighted by molar-refractivity contribution is -0.115. The number of likely N-dealkylation sites (N-methyl/N-ethyl adjacent to an activating group) is 1. The number of nitrogens with zero attached hydrogens (tertiary/aromatic N) is 2. The number of fused-ring (bicyclic) bond motifs is 3. The first-order valence-electron chi connectivity index (χ1n) is 13.9. The first-order valence-corrected chi connectivity index (χ1v) is 13.9. The number of allylic oxidation sites excluding steroid dienone is 1. The Labute approximate surface area is 232 Å². The van der Waals surface area contributed by atoms with Gasteiger partial charge in [-0.25, -0.2) is 4.39 Å². The van der Waals surface area contributed by atoms with E-state index in [1.165, 1.54) is 6.07 Å². The number of hydrogen-bond donors (Lipinski definition) is 5. The Kier molecular flexibility index (Phi) is 6.00. The predicted octanol–water partition coefficient (Wildman–Crippen LogP) is 2.77. The topological polar surface area (TPSA) is 148 Å². The molecule has 10 heteroatoms. The molecule has 0 aromatic heterocycles. The van der Waals surface area contributed by atoms with Gasteiger partial charge in [0, 0.05) is 40.3 Å². The van der Waals surface area contributed by atoms with E-state index >= 15 is 4.39 Å². The summed E-state index contributed by atoms with van der Waals surface area (Å²) in [7, 11) is 3.28. The molecule has 1 saturated carbocycles. The molecule has 4 aliphatic carbocycles. The molecule has 0 radical (unpaired) electrons. The number of Topliss-reactive ketones (excluding diaryl/α,β-unsaturated/α-hetero) is 1. The summed E-state index contributed by atoms with van der Waals surface area (Å²) in [6.45, 7) is 4.99. The number of phenols is 1. The number of aromatic hydroxyl groups is 1. The number of aliphatic hydroxyl groups excluding tert-OH is 2. The number of carbonyl (C=O) groups is 2. The minimum atomic E-state index is -2.27. The van der Waals surface area contributed by atoms with Crippen LogP contribution in [-0.4, -0.2) is 79.7 Å². The van der Waals surface area contributed by atoms with Crippen molar-refractivity contribution in [2.24, 2.45) is 17.6 Å². The third kappa shape index (κ3) is 3.55. The summed E-state index contributed by atoms with van der Waals surface area (Å²) in [5.74, 6) is -5.40. The molecule has 40 heavy (non-hydrogen) atoms. The summed E-state index contributed by atoms with van der Waals surface area (Å²) in [4.78, 5) is 29.9. The molecular weight excluding hydrogens is 517 g/mol. The number of benzene rings is 1. The Hall–Kier alpha value is -3.21. The number of hydrogen-bond acceptors (Lipinski definition) is 8. The molecule has 1 aliphatic heterocycles. The average molecular weight is 554 g/mol. The number of carbonyl (C=O) groups excluding carboxylic acids is 2. The zero-order chi connectivity index (χ0) is 28.9. The summed E-state index contributed by atoms with van der Waals surface area (Å²) in [6, 6.07) is 0.374. The number of ketones is 1. The van der Waals surface area contributed by atoms with Gasteiger partial charge in [0.1, 0.15) is 23.1 Å². The molecule has 2 fully saturated rings. The highest BCUT2D eigenvalue weighted by molar-refractivity contribution is 6.13. The van der Waals surface area contributed by atoms with Crippen molar-refractivity contribution < 1.29 is 34.4 Å². The van der Waals surface area contributed by atoms with Crippen molar-refractivity contribution in [3.8, 4) is 5.75 Å². The smallest absolute Gasteiger partial charge is 0.252 e. The zero-order valence-corrected chi connectivity index (χ0v) is 22.8. The van der Waals surface area contributed by atoms with E-state index in [1.807, 2.05) is 0 Å². The number of halogens is 1. The molecule has 1 heterocycles. The Morgan fingerprint density at radius 2 is 1.93 bits per heavy atom. The highest BCUT2D eigenvalue weighted by Gasteiger charge is 2.60. The second kappa shape index (κ2) is 8.89. The van der Waals surface area contributed by atoms with Crippen molar-refractivity contribution in [2.45, 2.75) is 68.7 Å². The van der Waals surface area contributed by atoms with Crippen LogP contribution < -0.4 is 5.73 Å². The monoisotopic (exact) mass is 553 g/mol. The fourth-order valence-electron chi connectivity index (χ4n) is 7.95.